The molecule has 112 valence electrons. The summed E-state index contributed by atoms with van der Waals surface area (Å²) in [5, 5.41) is 3.36. The Kier molecular flexibility index (Phi) is 5.17. The van der Waals surface area contributed by atoms with Crippen molar-refractivity contribution >= 4 is 11.6 Å². The maximum Gasteiger partial charge on any atom is 0.134 e. The molecule has 5 nitrogen and oxygen atoms in total. The molecule has 1 saturated heterocycles. The van der Waals surface area contributed by atoms with Crippen LogP contribution in [0.3, 0.4) is 0 Å². The van der Waals surface area contributed by atoms with Crippen LogP contribution in [0.5, 0.6) is 0 Å². The van der Waals surface area contributed by atoms with Gasteiger partial charge in [0.1, 0.15) is 17.5 Å². The predicted molar refractivity (Wildman–Crippen MR) is 84.5 cm³/mol. The summed E-state index contributed by atoms with van der Waals surface area (Å²) >= 11 is 0. The van der Waals surface area contributed by atoms with Crippen molar-refractivity contribution in [1.29, 1.82) is 0 Å². The molecule has 1 N–H and O–H groups in total. The first-order valence-electron chi connectivity index (χ1n) is 7.72. The zero-order valence-electron chi connectivity index (χ0n) is 13.2. The van der Waals surface area contributed by atoms with Crippen LogP contribution in [0.15, 0.2) is 6.07 Å². The zero-order chi connectivity index (χ0) is 14.5. The molecule has 0 spiro atoms. The first kappa shape index (κ1) is 15.0. The number of hydrogen-bond donors (Lipinski definition) is 1. The molecule has 1 aliphatic heterocycles. The molecule has 0 aliphatic carbocycles. The van der Waals surface area contributed by atoms with E-state index in [0.29, 0.717) is 6.04 Å². The quantitative estimate of drug-likeness (QED) is 0.893. The van der Waals surface area contributed by atoms with Gasteiger partial charge in [0, 0.05) is 38.3 Å². The number of piperazine rings is 1. The SMILES string of the molecule is CCCNc1cc(N2CCN(CC)C(C)C2)nc(C)n1. The molecule has 20 heavy (non-hydrogen) atoms. The Morgan fingerprint density at radius 1 is 1.30 bits per heavy atom. The van der Waals surface area contributed by atoms with Gasteiger partial charge < -0.3 is 10.2 Å². The van der Waals surface area contributed by atoms with Crippen LogP contribution in [0.25, 0.3) is 0 Å². The molecular weight excluding hydrogens is 250 g/mol. The maximum absolute atomic E-state index is 4.61. The molecule has 0 bridgehead atoms. The fourth-order valence-corrected chi connectivity index (χ4v) is 2.73. The second-order valence-corrected chi connectivity index (χ2v) is 5.51. The minimum Gasteiger partial charge on any atom is -0.370 e. The van der Waals surface area contributed by atoms with E-state index in [2.05, 4.69) is 51.9 Å². The minimum atomic E-state index is 0.580. The number of hydrogen-bond acceptors (Lipinski definition) is 5. The van der Waals surface area contributed by atoms with Crippen molar-refractivity contribution in [2.24, 2.45) is 0 Å². The second kappa shape index (κ2) is 6.88. The zero-order valence-corrected chi connectivity index (χ0v) is 13.2. The van der Waals surface area contributed by atoms with Crippen molar-refractivity contribution in [3.05, 3.63) is 11.9 Å². The fraction of sp³-hybridized carbons (Fsp3) is 0.733. The van der Waals surface area contributed by atoms with Crippen molar-refractivity contribution in [3.63, 3.8) is 0 Å². The number of nitrogens with zero attached hydrogens (tertiary/aromatic N) is 4. The van der Waals surface area contributed by atoms with Crippen LogP contribution < -0.4 is 10.2 Å². The van der Waals surface area contributed by atoms with Crippen molar-refractivity contribution in [2.45, 2.75) is 40.2 Å². The molecule has 1 aliphatic rings. The normalized spacial score (nSPS) is 20.2. The van der Waals surface area contributed by atoms with E-state index in [-0.39, 0.29) is 0 Å². The van der Waals surface area contributed by atoms with E-state index in [1.807, 2.05) is 6.92 Å². The molecule has 2 heterocycles. The first-order chi connectivity index (χ1) is 9.63. The van der Waals surface area contributed by atoms with E-state index in [1.54, 1.807) is 0 Å². The highest BCUT2D eigenvalue weighted by molar-refractivity contribution is 5.49. The number of nitrogens with one attached hydrogen (secondary N) is 1. The Labute approximate surface area is 122 Å². The Morgan fingerprint density at radius 2 is 2.10 bits per heavy atom. The van der Waals surface area contributed by atoms with E-state index < -0.39 is 0 Å². The van der Waals surface area contributed by atoms with Gasteiger partial charge in [-0.1, -0.05) is 13.8 Å². The lowest BCUT2D eigenvalue weighted by Crippen LogP contribution is -2.52. The van der Waals surface area contributed by atoms with Gasteiger partial charge in [-0.25, -0.2) is 9.97 Å². The molecule has 0 amide bonds. The van der Waals surface area contributed by atoms with Crippen LogP contribution in [0.4, 0.5) is 11.6 Å². The summed E-state index contributed by atoms with van der Waals surface area (Å²) < 4.78 is 0. The molecule has 1 unspecified atom stereocenters. The summed E-state index contributed by atoms with van der Waals surface area (Å²) in [6.45, 7) is 13.9. The molecular formula is C15H27N5. The number of anilines is 2. The number of likely N-dealkylation sites (N-methyl/N-ethyl adjacent to an activating group) is 1. The molecule has 1 fully saturated rings. The summed E-state index contributed by atoms with van der Waals surface area (Å²) in [6, 6.07) is 2.66. The van der Waals surface area contributed by atoms with E-state index in [9.17, 15) is 0 Å². The summed E-state index contributed by atoms with van der Waals surface area (Å²) in [7, 11) is 0. The highest BCUT2D eigenvalue weighted by Crippen LogP contribution is 2.19. The first-order valence-corrected chi connectivity index (χ1v) is 7.72. The lowest BCUT2D eigenvalue weighted by molar-refractivity contribution is 0.199. The third kappa shape index (κ3) is 3.60. The summed E-state index contributed by atoms with van der Waals surface area (Å²) in [6.07, 6.45) is 1.10. The van der Waals surface area contributed by atoms with Gasteiger partial charge in [0.15, 0.2) is 0 Å². The standard InChI is InChI=1S/C15H27N5/c1-5-7-16-14-10-15(18-13(4)17-14)20-9-8-19(6-2)12(3)11-20/h10,12H,5-9,11H2,1-4H3,(H,16,17,18). The van der Waals surface area contributed by atoms with Crippen molar-refractivity contribution in [3.8, 4) is 0 Å². The molecule has 1 atom stereocenters. The smallest absolute Gasteiger partial charge is 0.134 e. The van der Waals surface area contributed by atoms with Crippen LogP contribution >= 0.6 is 0 Å². The van der Waals surface area contributed by atoms with E-state index >= 15 is 0 Å². The molecule has 0 saturated carbocycles. The molecule has 0 aromatic carbocycles. The third-order valence-corrected chi connectivity index (χ3v) is 3.88. The van der Waals surface area contributed by atoms with Gasteiger partial charge in [0.2, 0.25) is 0 Å². The number of aromatic nitrogens is 2. The molecule has 1 aromatic heterocycles. The van der Waals surface area contributed by atoms with Gasteiger partial charge in [0.05, 0.1) is 0 Å². The highest BCUT2D eigenvalue weighted by Gasteiger charge is 2.23. The third-order valence-electron chi connectivity index (χ3n) is 3.88. The lowest BCUT2D eigenvalue weighted by Gasteiger charge is -2.40. The van der Waals surface area contributed by atoms with E-state index in [0.717, 1.165) is 56.6 Å². The van der Waals surface area contributed by atoms with Crippen LogP contribution in [0.1, 0.15) is 33.0 Å². The van der Waals surface area contributed by atoms with E-state index in [4.69, 9.17) is 0 Å². The number of aryl methyl sites for hydroxylation is 1. The summed E-state index contributed by atoms with van der Waals surface area (Å²) in [4.78, 5) is 14.0. The van der Waals surface area contributed by atoms with Gasteiger partial charge in [-0.05, 0) is 26.8 Å². The predicted octanol–water partition coefficient (Wildman–Crippen LogP) is 2.14. The molecule has 5 heteroatoms. The van der Waals surface area contributed by atoms with Crippen molar-refractivity contribution in [2.75, 3.05) is 42.9 Å². The summed E-state index contributed by atoms with van der Waals surface area (Å²) in [5.41, 5.74) is 0. The summed E-state index contributed by atoms with van der Waals surface area (Å²) in [5.74, 6) is 2.84. The van der Waals surface area contributed by atoms with Crippen LogP contribution in [-0.2, 0) is 0 Å². The van der Waals surface area contributed by atoms with Gasteiger partial charge in [-0.15, -0.1) is 0 Å². The van der Waals surface area contributed by atoms with Crippen molar-refractivity contribution in [1.82, 2.24) is 14.9 Å². The van der Waals surface area contributed by atoms with Gasteiger partial charge >= 0.3 is 0 Å². The average Bonchev–Trinajstić information content (AvgIpc) is 2.44. The van der Waals surface area contributed by atoms with Gasteiger partial charge in [0.25, 0.3) is 0 Å². The molecule has 1 aromatic rings. The maximum atomic E-state index is 4.61. The average molecular weight is 277 g/mol. The highest BCUT2D eigenvalue weighted by atomic mass is 15.3. The van der Waals surface area contributed by atoms with Gasteiger partial charge in [-0.2, -0.15) is 0 Å². The van der Waals surface area contributed by atoms with Crippen LogP contribution in [0.2, 0.25) is 0 Å². The Balaban J connectivity index is 2.10. The minimum absolute atomic E-state index is 0.580. The Hall–Kier alpha value is -1.36. The molecule has 2 rings (SSSR count). The van der Waals surface area contributed by atoms with Crippen LogP contribution in [-0.4, -0.2) is 53.6 Å². The van der Waals surface area contributed by atoms with Gasteiger partial charge in [-0.3, -0.25) is 4.90 Å². The number of rotatable bonds is 5. The van der Waals surface area contributed by atoms with Crippen molar-refractivity contribution < 1.29 is 0 Å². The largest absolute Gasteiger partial charge is 0.370 e. The topological polar surface area (TPSA) is 44.3 Å². The van der Waals surface area contributed by atoms with Crippen LogP contribution in [0, 0.1) is 6.92 Å². The fourth-order valence-electron chi connectivity index (χ4n) is 2.73. The second-order valence-electron chi connectivity index (χ2n) is 5.51. The Bertz CT molecular complexity index is 434. The molecule has 0 radical (unpaired) electrons. The lowest BCUT2D eigenvalue weighted by atomic mass is 10.2. The van der Waals surface area contributed by atoms with E-state index in [1.165, 1.54) is 0 Å². The Morgan fingerprint density at radius 3 is 2.75 bits per heavy atom. The monoisotopic (exact) mass is 277 g/mol.